The molecule has 1 aromatic carbocycles. The molecule has 1 heterocycles. The second kappa shape index (κ2) is 7.63. The highest BCUT2D eigenvalue weighted by atomic mass is 16.3. The van der Waals surface area contributed by atoms with Gasteiger partial charge in [-0.1, -0.05) is 23.8 Å². The second-order valence-electron chi connectivity index (χ2n) is 5.63. The number of carbonyl (C=O) groups excluding carboxylic acids is 2. The van der Waals surface area contributed by atoms with Crippen molar-refractivity contribution in [2.45, 2.75) is 33.2 Å². The Labute approximate surface area is 136 Å². The zero-order valence-corrected chi connectivity index (χ0v) is 13.7. The lowest BCUT2D eigenvalue weighted by atomic mass is 10.00. The van der Waals surface area contributed by atoms with Crippen LogP contribution in [0, 0.1) is 13.8 Å². The van der Waals surface area contributed by atoms with Crippen LogP contribution in [0.2, 0.25) is 0 Å². The van der Waals surface area contributed by atoms with Gasteiger partial charge in [-0.3, -0.25) is 9.59 Å². The van der Waals surface area contributed by atoms with Crippen LogP contribution >= 0.6 is 0 Å². The van der Waals surface area contributed by atoms with E-state index in [9.17, 15) is 9.59 Å². The minimum Gasteiger partial charge on any atom is -0.459 e. The van der Waals surface area contributed by atoms with Crippen molar-refractivity contribution in [1.82, 2.24) is 10.6 Å². The molecule has 23 heavy (non-hydrogen) atoms. The van der Waals surface area contributed by atoms with Crippen LogP contribution in [0.4, 0.5) is 0 Å². The summed E-state index contributed by atoms with van der Waals surface area (Å²) < 4.78 is 4.99. The number of aryl methyl sites for hydroxylation is 2. The molecule has 2 rings (SSSR count). The summed E-state index contributed by atoms with van der Waals surface area (Å²) in [6.07, 6.45) is 1.66. The molecule has 2 aromatic rings. The third-order valence-corrected chi connectivity index (χ3v) is 3.66. The van der Waals surface area contributed by atoms with E-state index in [1.165, 1.54) is 6.26 Å². The van der Waals surface area contributed by atoms with Gasteiger partial charge in [0.05, 0.1) is 12.3 Å². The van der Waals surface area contributed by atoms with Gasteiger partial charge in [0.15, 0.2) is 5.76 Å². The number of carbonyl (C=O) groups is 2. The van der Waals surface area contributed by atoms with Crippen molar-refractivity contribution < 1.29 is 14.0 Å². The fourth-order valence-corrected chi connectivity index (χ4v) is 2.40. The van der Waals surface area contributed by atoms with Gasteiger partial charge >= 0.3 is 0 Å². The van der Waals surface area contributed by atoms with Gasteiger partial charge in [-0.2, -0.15) is 0 Å². The average Bonchev–Trinajstić information content (AvgIpc) is 3.03. The summed E-state index contributed by atoms with van der Waals surface area (Å²) in [4.78, 5) is 23.7. The topological polar surface area (TPSA) is 71.3 Å². The van der Waals surface area contributed by atoms with Gasteiger partial charge in [0, 0.05) is 13.0 Å². The zero-order chi connectivity index (χ0) is 16.8. The van der Waals surface area contributed by atoms with Crippen LogP contribution in [0.1, 0.15) is 46.6 Å². The number of amides is 2. The molecular formula is C18H22N2O3. The lowest BCUT2D eigenvalue weighted by Gasteiger charge is -2.17. The Morgan fingerprint density at radius 1 is 1.22 bits per heavy atom. The Bertz CT molecular complexity index is 678. The summed E-state index contributed by atoms with van der Waals surface area (Å²) in [5.74, 6) is -0.169. The molecule has 0 saturated carbocycles. The Hall–Kier alpha value is -2.56. The summed E-state index contributed by atoms with van der Waals surface area (Å²) in [5.41, 5.74) is 3.42. The third-order valence-electron chi connectivity index (χ3n) is 3.66. The quantitative estimate of drug-likeness (QED) is 0.861. The molecular weight excluding hydrogens is 292 g/mol. The monoisotopic (exact) mass is 314 g/mol. The van der Waals surface area contributed by atoms with Crippen molar-refractivity contribution in [3.63, 3.8) is 0 Å². The standard InChI is InChI=1S/C18H22N2O3/c1-12-6-7-13(2)15(11-12)14(3)20-17(21)8-9-19-18(22)16-5-4-10-23-16/h4-7,10-11,14H,8-9H2,1-3H3,(H,19,22)(H,20,21). The van der Waals surface area contributed by atoms with E-state index in [-0.39, 0.29) is 36.6 Å². The van der Waals surface area contributed by atoms with E-state index in [0.29, 0.717) is 0 Å². The fourth-order valence-electron chi connectivity index (χ4n) is 2.40. The van der Waals surface area contributed by atoms with Gasteiger partial charge in [0.25, 0.3) is 5.91 Å². The smallest absolute Gasteiger partial charge is 0.286 e. The molecule has 0 bridgehead atoms. The van der Waals surface area contributed by atoms with E-state index in [0.717, 1.165) is 16.7 Å². The maximum atomic E-state index is 12.0. The van der Waals surface area contributed by atoms with Crippen molar-refractivity contribution in [1.29, 1.82) is 0 Å². The fraction of sp³-hybridized carbons (Fsp3) is 0.333. The first-order valence-corrected chi connectivity index (χ1v) is 7.65. The molecule has 122 valence electrons. The lowest BCUT2D eigenvalue weighted by molar-refractivity contribution is -0.121. The molecule has 0 aliphatic carbocycles. The van der Waals surface area contributed by atoms with Crippen LogP contribution in [0.15, 0.2) is 41.0 Å². The van der Waals surface area contributed by atoms with E-state index in [2.05, 4.69) is 28.8 Å². The number of rotatable bonds is 6. The number of benzene rings is 1. The molecule has 1 atom stereocenters. The van der Waals surface area contributed by atoms with Gasteiger partial charge in [0.2, 0.25) is 5.91 Å². The summed E-state index contributed by atoms with van der Waals surface area (Å²) >= 11 is 0. The van der Waals surface area contributed by atoms with Crippen LogP contribution in [0.5, 0.6) is 0 Å². The molecule has 0 radical (unpaired) electrons. The Balaban J connectivity index is 1.80. The highest BCUT2D eigenvalue weighted by molar-refractivity contribution is 5.91. The summed E-state index contributed by atoms with van der Waals surface area (Å²) in [6, 6.07) is 9.35. The SMILES string of the molecule is Cc1ccc(C)c(C(C)NC(=O)CCNC(=O)c2ccco2)c1. The molecule has 2 N–H and O–H groups in total. The van der Waals surface area contributed by atoms with E-state index < -0.39 is 0 Å². The normalized spacial score (nSPS) is 11.8. The first kappa shape index (κ1) is 16.8. The van der Waals surface area contributed by atoms with Crippen molar-refractivity contribution >= 4 is 11.8 Å². The molecule has 5 nitrogen and oxygen atoms in total. The Morgan fingerprint density at radius 2 is 2.00 bits per heavy atom. The largest absolute Gasteiger partial charge is 0.459 e. The van der Waals surface area contributed by atoms with Crippen molar-refractivity contribution in [2.75, 3.05) is 6.54 Å². The van der Waals surface area contributed by atoms with Gasteiger partial charge in [0.1, 0.15) is 0 Å². The molecule has 1 aromatic heterocycles. The maximum absolute atomic E-state index is 12.0. The summed E-state index contributed by atoms with van der Waals surface area (Å²) in [6.45, 7) is 6.29. The van der Waals surface area contributed by atoms with Crippen molar-refractivity contribution in [2.24, 2.45) is 0 Å². The van der Waals surface area contributed by atoms with E-state index in [4.69, 9.17) is 4.42 Å². The zero-order valence-electron chi connectivity index (χ0n) is 13.7. The van der Waals surface area contributed by atoms with Crippen LogP contribution in [-0.4, -0.2) is 18.4 Å². The molecule has 0 aliphatic heterocycles. The minimum absolute atomic E-state index is 0.0665. The molecule has 0 aliphatic rings. The Kier molecular flexibility index (Phi) is 5.57. The Morgan fingerprint density at radius 3 is 2.70 bits per heavy atom. The highest BCUT2D eigenvalue weighted by Crippen LogP contribution is 2.18. The first-order valence-electron chi connectivity index (χ1n) is 7.65. The van der Waals surface area contributed by atoms with Gasteiger partial charge < -0.3 is 15.1 Å². The number of hydrogen-bond acceptors (Lipinski definition) is 3. The van der Waals surface area contributed by atoms with Crippen LogP contribution in [0.25, 0.3) is 0 Å². The van der Waals surface area contributed by atoms with Crippen LogP contribution < -0.4 is 10.6 Å². The van der Waals surface area contributed by atoms with Gasteiger partial charge in [-0.25, -0.2) is 0 Å². The van der Waals surface area contributed by atoms with E-state index >= 15 is 0 Å². The number of furan rings is 1. The second-order valence-corrected chi connectivity index (χ2v) is 5.63. The predicted octanol–water partition coefficient (Wildman–Crippen LogP) is 2.89. The maximum Gasteiger partial charge on any atom is 0.286 e. The summed E-state index contributed by atoms with van der Waals surface area (Å²) in [5, 5.41) is 5.62. The molecule has 0 spiro atoms. The molecule has 5 heteroatoms. The molecule has 0 fully saturated rings. The van der Waals surface area contributed by atoms with Crippen molar-refractivity contribution in [3.8, 4) is 0 Å². The lowest BCUT2D eigenvalue weighted by Crippen LogP contribution is -2.32. The predicted molar refractivity (Wildman–Crippen MR) is 88.1 cm³/mol. The van der Waals surface area contributed by atoms with E-state index in [1.54, 1.807) is 12.1 Å². The highest BCUT2D eigenvalue weighted by Gasteiger charge is 2.13. The van der Waals surface area contributed by atoms with E-state index in [1.807, 2.05) is 20.8 Å². The average molecular weight is 314 g/mol. The number of hydrogen-bond donors (Lipinski definition) is 2. The third kappa shape index (κ3) is 4.71. The molecule has 1 unspecified atom stereocenters. The number of nitrogens with one attached hydrogen (secondary N) is 2. The van der Waals surface area contributed by atoms with Gasteiger partial charge in [-0.05, 0) is 44.0 Å². The minimum atomic E-state index is -0.314. The van der Waals surface area contributed by atoms with Crippen LogP contribution in [0.3, 0.4) is 0 Å². The van der Waals surface area contributed by atoms with Crippen LogP contribution in [-0.2, 0) is 4.79 Å². The molecule has 2 amide bonds. The van der Waals surface area contributed by atoms with Gasteiger partial charge in [-0.15, -0.1) is 0 Å². The summed E-state index contributed by atoms with van der Waals surface area (Å²) in [7, 11) is 0. The van der Waals surface area contributed by atoms with Crippen molar-refractivity contribution in [3.05, 3.63) is 59.0 Å². The molecule has 0 saturated heterocycles. The first-order chi connectivity index (χ1) is 11.0.